The van der Waals surface area contributed by atoms with Crippen molar-refractivity contribution in [3.8, 4) is 11.3 Å². The average molecular weight is 529 g/mol. The molecule has 0 aliphatic heterocycles. The first kappa shape index (κ1) is 22.9. The molecule has 7 heteroatoms. The standard InChI is InChI=1S/C24H27N5O.HI/c1-16-4-7-18(8-5-16)22-14-28-23(30-22)15-29-24(25-3)26-11-10-19-13-27-21-12-17(2)6-9-20(19)21;/h4-9,12-14,27H,10-11,15H2,1-3H3,(H2,25,26,29);1H. The number of guanidine groups is 1. The van der Waals surface area contributed by atoms with Crippen LogP contribution >= 0.6 is 24.0 Å². The summed E-state index contributed by atoms with van der Waals surface area (Å²) in [7, 11) is 1.76. The molecule has 4 aromatic rings. The minimum absolute atomic E-state index is 0. The van der Waals surface area contributed by atoms with Crippen LogP contribution in [0.5, 0.6) is 0 Å². The Labute approximate surface area is 199 Å². The van der Waals surface area contributed by atoms with E-state index in [1.807, 2.05) is 12.1 Å². The minimum atomic E-state index is 0. The summed E-state index contributed by atoms with van der Waals surface area (Å²) < 4.78 is 5.87. The van der Waals surface area contributed by atoms with E-state index in [2.05, 4.69) is 76.0 Å². The van der Waals surface area contributed by atoms with E-state index in [9.17, 15) is 0 Å². The van der Waals surface area contributed by atoms with Gasteiger partial charge in [-0.15, -0.1) is 24.0 Å². The highest BCUT2D eigenvalue weighted by Gasteiger charge is 2.08. The number of aromatic amines is 1. The van der Waals surface area contributed by atoms with Crippen molar-refractivity contribution in [2.75, 3.05) is 13.6 Å². The molecule has 2 aromatic carbocycles. The fourth-order valence-corrected chi connectivity index (χ4v) is 3.45. The summed E-state index contributed by atoms with van der Waals surface area (Å²) in [5.74, 6) is 2.12. The van der Waals surface area contributed by atoms with Crippen molar-refractivity contribution in [3.63, 3.8) is 0 Å². The van der Waals surface area contributed by atoms with Crippen molar-refractivity contribution < 1.29 is 4.42 Å². The Bertz CT molecular complexity index is 1160. The molecule has 4 rings (SSSR count). The maximum atomic E-state index is 5.87. The molecule has 0 amide bonds. The Balaban J connectivity index is 0.00000272. The number of oxazole rings is 1. The number of fused-ring (bicyclic) bond motifs is 1. The zero-order valence-electron chi connectivity index (χ0n) is 18.0. The van der Waals surface area contributed by atoms with Crippen LogP contribution in [0.15, 0.2) is 64.3 Å². The van der Waals surface area contributed by atoms with Crippen molar-refractivity contribution in [2.45, 2.75) is 26.8 Å². The van der Waals surface area contributed by atoms with E-state index < -0.39 is 0 Å². The summed E-state index contributed by atoms with van der Waals surface area (Å²) in [6.45, 7) is 5.42. The van der Waals surface area contributed by atoms with Crippen molar-refractivity contribution in [1.29, 1.82) is 0 Å². The molecule has 2 aromatic heterocycles. The van der Waals surface area contributed by atoms with Gasteiger partial charge in [-0.1, -0.05) is 42.0 Å². The van der Waals surface area contributed by atoms with E-state index in [0.717, 1.165) is 30.2 Å². The Morgan fingerprint density at radius 2 is 1.84 bits per heavy atom. The smallest absolute Gasteiger partial charge is 0.214 e. The van der Waals surface area contributed by atoms with E-state index in [4.69, 9.17) is 4.42 Å². The van der Waals surface area contributed by atoms with Crippen LogP contribution in [0, 0.1) is 13.8 Å². The van der Waals surface area contributed by atoms with Crippen LogP contribution in [0.2, 0.25) is 0 Å². The number of hydrogen-bond acceptors (Lipinski definition) is 3. The van der Waals surface area contributed by atoms with Gasteiger partial charge in [0.15, 0.2) is 11.7 Å². The lowest BCUT2D eigenvalue weighted by molar-refractivity contribution is 0.497. The molecule has 31 heavy (non-hydrogen) atoms. The molecule has 0 aliphatic carbocycles. The molecular formula is C24H28IN5O. The van der Waals surface area contributed by atoms with Gasteiger partial charge in [0, 0.05) is 36.3 Å². The van der Waals surface area contributed by atoms with E-state index >= 15 is 0 Å². The number of hydrogen-bond donors (Lipinski definition) is 3. The van der Waals surface area contributed by atoms with Crippen molar-refractivity contribution in [1.82, 2.24) is 20.6 Å². The van der Waals surface area contributed by atoms with E-state index in [1.165, 1.54) is 27.6 Å². The average Bonchev–Trinajstić information content (AvgIpc) is 3.38. The number of aromatic nitrogens is 2. The topological polar surface area (TPSA) is 78.2 Å². The Morgan fingerprint density at radius 1 is 1.06 bits per heavy atom. The van der Waals surface area contributed by atoms with Gasteiger partial charge in [0.1, 0.15) is 0 Å². The molecule has 0 bridgehead atoms. The number of nitrogens with one attached hydrogen (secondary N) is 3. The first-order valence-electron chi connectivity index (χ1n) is 10.2. The maximum Gasteiger partial charge on any atom is 0.214 e. The second-order valence-electron chi connectivity index (χ2n) is 7.45. The predicted molar refractivity (Wildman–Crippen MR) is 137 cm³/mol. The van der Waals surface area contributed by atoms with Gasteiger partial charge in [0.2, 0.25) is 5.89 Å². The molecule has 2 heterocycles. The zero-order valence-corrected chi connectivity index (χ0v) is 20.4. The summed E-state index contributed by atoms with van der Waals surface area (Å²) in [5.41, 5.74) is 5.98. The van der Waals surface area contributed by atoms with Crippen molar-refractivity contribution >= 4 is 40.8 Å². The second-order valence-corrected chi connectivity index (χ2v) is 7.45. The van der Waals surface area contributed by atoms with Gasteiger partial charge in [-0.3, -0.25) is 4.99 Å². The Hall–Kier alpha value is -2.81. The third-order valence-corrected chi connectivity index (χ3v) is 5.13. The maximum absolute atomic E-state index is 5.87. The fourth-order valence-electron chi connectivity index (χ4n) is 3.45. The molecule has 0 radical (unpaired) electrons. The molecule has 0 atom stereocenters. The highest BCUT2D eigenvalue weighted by Crippen LogP contribution is 2.21. The first-order valence-corrected chi connectivity index (χ1v) is 10.2. The molecule has 6 nitrogen and oxygen atoms in total. The predicted octanol–water partition coefficient (Wildman–Crippen LogP) is 4.97. The summed E-state index contributed by atoms with van der Waals surface area (Å²) in [4.78, 5) is 12.0. The fraction of sp³-hybridized carbons (Fsp3) is 0.250. The van der Waals surface area contributed by atoms with Gasteiger partial charge in [-0.2, -0.15) is 0 Å². The third kappa shape index (κ3) is 5.66. The van der Waals surface area contributed by atoms with Crippen molar-refractivity contribution in [3.05, 3.63) is 77.4 Å². The Morgan fingerprint density at radius 3 is 2.61 bits per heavy atom. The molecule has 162 valence electrons. The summed E-state index contributed by atoms with van der Waals surface area (Å²) in [6, 6.07) is 14.7. The molecule has 0 spiro atoms. The number of aliphatic imine (C=N–C) groups is 1. The van der Waals surface area contributed by atoms with Gasteiger partial charge < -0.3 is 20.0 Å². The van der Waals surface area contributed by atoms with Gasteiger partial charge in [0.25, 0.3) is 0 Å². The normalized spacial score (nSPS) is 11.4. The lowest BCUT2D eigenvalue weighted by atomic mass is 10.1. The summed E-state index contributed by atoms with van der Waals surface area (Å²) >= 11 is 0. The van der Waals surface area contributed by atoms with Crippen LogP contribution in [-0.2, 0) is 13.0 Å². The monoisotopic (exact) mass is 529 g/mol. The number of rotatable bonds is 6. The van der Waals surface area contributed by atoms with Crippen LogP contribution in [0.3, 0.4) is 0 Å². The summed E-state index contributed by atoms with van der Waals surface area (Å²) in [5, 5.41) is 7.89. The number of benzene rings is 2. The SMILES string of the molecule is CN=C(NCCc1c[nH]c2cc(C)ccc12)NCc1ncc(-c2ccc(C)cc2)o1.I. The molecule has 3 N–H and O–H groups in total. The quantitative estimate of drug-likeness (QED) is 0.187. The third-order valence-electron chi connectivity index (χ3n) is 5.13. The highest BCUT2D eigenvalue weighted by atomic mass is 127. The molecule has 0 saturated carbocycles. The largest absolute Gasteiger partial charge is 0.439 e. The second kappa shape index (κ2) is 10.5. The first-order chi connectivity index (χ1) is 14.6. The number of halogens is 1. The van der Waals surface area contributed by atoms with E-state index in [-0.39, 0.29) is 24.0 Å². The van der Waals surface area contributed by atoms with Crippen LogP contribution in [-0.4, -0.2) is 29.5 Å². The molecular weight excluding hydrogens is 501 g/mol. The number of nitrogens with zero attached hydrogens (tertiary/aromatic N) is 2. The van der Waals surface area contributed by atoms with E-state index in [0.29, 0.717) is 12.4 Å². The molecule has 0 unspecified atom stereocenters. The van der Waals surface area contributed by atoms with Crippen LogP contribution in [0.4, 0.5) is 0 Å². The summed E-state index contributed by atoms with van der Waals surface area (Å²) in [6.07, 6.45) is 4.75. The van der Waals surface area contributed by atoms with E-state index in [1.54, 1.807) is 13.2 Å². The van der Waals surface area contributed by atoms with Crippen LogP contribution < -0.4 is 10.6 Å². The van der Waals surface area contributed by atoms with Crippen molar-refractivity contribution in [2.24, 2.45) is 4.99 Å². The lowest BCUT2D eigenvalue weighted by Crippen LogP contribution is -2.37. The van der Waals surface area contributed by atoms with Crippen LogP contribution in [0.25, 0.3) is 22.2 Å². The molecule has 0 fully saturated rings. The van der Waals surface area contributed by atoms with Gasteiger partial charge in [-0.25, -0.2) is 4.98 Å². The Kier molecular flexibility index (Phi) is 7.73. The van der Waals surface area contributed by atoms with Gasteiger partial charge in [-0.05, 0) is 37.5 Å². The number of H-pyrrole nitrogens is 1. The van der Waals surface area contributed by atoms with Gasteiger partial charge in [0.05, 0.1) is 12.7 Å². The molecule has 0 aliphatic rings. The highest BCUT2D eigenvalue weighted by molar-refractivity contribution is 14.0. The number of aryl methyl sites for hydroxylation is 2. The zero-order chi connectivity index (χ0) is 20.9. The lowest BCUT2D eigenvalue weighted by Gasteiger charge is -2.10. The van der Waals surface area contributed by atoms with Crippen LogP contribution in [0.1, 0.15) is 22.6 Å². The minimum Gasteiger partial charge on any atom is -0.439 e. The van der Waals surface area contributed by atoms with Gasteiger partial charge >= 0.3 is 0 Å². The molecule has 0 saturated heterocycles.